The van der Waals surface area contributed by atoms with Crippen LogP contribution in [0.2, 0.25) is 0 Å². The molecule has 6 nitrogen and oxygen atoms in total. The molecule has 0 bridgehead atoms. The number of amides is 1. The summed E-state index contributed by atoms with van der Waals surface area (Å²) in [4.78, 5) is 19.3. The molecule has 0 aliphatic carbocycles. The topological polar surface area (TPSA) is 80.5 Å². The highest BCUT2D eigenvalue weighted by Crippen LogP contribution is 2.19. The average Bonchev–Trinajstić information content (AvgIpc) is 2.82. The van der Waals surface area contributed by atoms with Crippen LogP contribution in [0.3, 0.4) is 0 Å². The first-order valence-electron chi connectivity index (χ1n) is 6.50. The van der Waals surface area contributed by atoms with E-state index in [-0.39, 0.29) is 11.9 Å². The molecule has 2 rings (SSSR count). The summed E-state index contributed by atoms with van der Waals surface area (Å²) in [5.74, 6) is 0.0408. The van der Waals surface area contributed by atoms with E-state index in [4.69, 9.17) is 10.5 Å². The maximum Gasteiger partial charge on any atom is 0.239 e. The lowest BCUT2D eigenvalue weighted by Gasteiger charge is -2.34. The molecule has 1 fully saturated rings. The molecule has 1 aromatic rings. The quantitative estimate of drug-likeness (QED) is 0.820. The van der Waals surface area contributed by atoms with Gasteiger partial charge in [-0.3, -0.25) is 9.69 Å². The minimum atomic E-state index is -0.219. The normalized spacial score (nSPS) is 20.4. The van der Waals surface area contributed by atoms with Crippen LogP contribution < -0.4 is 11.1 Å². The van der Waals surface area contributed by atoms with Crippen molar-refractivity contribution in [2.45, 2.75) is 25.9 Å². The second-order valence-electron chi connectivity index (χ2n) is 4.52. The van der Waals surface area contributed by atoms with E-state index < -0.39 is 0 Å². The summed E-state index contributed by atoms with van der Waals surface area (Å²) >= 11 is 1.47. The van der Waals surface area contributed by atoms with Crippen LogP contribution in [0.1, 0.15) is 18.2 Å². The van der Waals surface area contributed by atoms with Gasteiger partial charge in [-0.05, 0) is 6.42 Å². The monoisotopic (exact) mass is 284 g/mol. The van der Waals surface area contributed by atoms with Gasteiger partial charge in [-0.25, -0.2) is 4.98 Å². The zero-order valence-electron chi connectivity index (χ0n) is 11.1. The van der Waals surface area contributed by atoms with Crippen molar-refractivity contribution in [3.8, 4) is 0 Å². The van der Waals surface area contributed by atoms with Crippen LogP contribution in [0, 0.1) is 0 Å². The number of hydrogen-bond acceptors (Lipinski definition) is 6. The number of carbonyl (C=O) groups excluding carboxylic acids is 1. The van der Waals surface area contributed by atoms with Gasteiger partial charge in [0.25, 0.3) is 0 Å². The Hall–Kier alpha value is -1.18. The summed E-state index contributed by atoms with van der Waals surface area (Å²) in [5.41, 5.74) is 5.63. The Bertz CT molecular complexity index is 424. The van der Waals surface area contributed by atoms with Gasteiger partial charge in [0.05, 0.1) is 13.2 Å². The number of morpholine rings is 1. The first kappa shape index (κ1) is 14.2. The molecule has 1 aliphatic heterocycles. The van der Waals surface area contributed by atoms with Crippen molar-refractivity contribution in [3.63, 3.8) is 0 Å². The van der Waals surface area contributed by atoms with Gasteiger partial charge in [-0.15, -0.1) is 11.3 Å². The molecule has 0 radical (unpaired) electrons. The van der Waals surface area contributed by atoms with E-state index in [0.29, 0.717) is 31.4 Å². The lowest BCUT2D eigenvalue weighted by molar-refractivity contribution is -0.132. The van der Waals surface area contributed by atoms with E-state index in [9.17, 15) is 4.79 Å². The number of thiazole rings is 1. The van der Waals surface area contributed by atoms with Crippen LogP contribution in [-0.4, -0.2) is 48.1 Å². The zero-order chi connectivity index (χ0) is 13.7. The molecular weight excluding hydrogens is 264 g/mol. The van der Waals surface area contributed by atoms with E-state index in [2.05, 4.69) is 15.2 Å². The van der Waals surface area contributed by atoms with Crippen molar-refractivity contribution >= 4 is 22.4 Å². The molecule has 106 valence electrons. The molecule has 1 saturated heterocycles. The lowest BCUT2D eigenvalue weighted by Crippen LogP contribution is -2.53. The van der Waals surface area contributed by atoms with Gasteiger partial charge in [0.15, 0.2) is 5.13 Å². The second kappa shape index (κ2) is 6.83. The number of anilines is 1. The summed E-state index contributed by atoms with van der Waals surface area (Å²) in [6.45, 7) is 5.30. The molecule has 7 heteroatoms. The fourth-order valence-electron chi connectivity index (χ4n) is 2.03. The summed E-state index contributed by atoms with van der Waals surface area (Å²) in [6.07, 6.45) is 2.71. The maximum atomic E-state index is 12.1. The molecule has 0 aromatic carbocycles. The van der Waals surface area contributed by atoms with Gasteiger partial charge in [-0.1, -0.05) is 6.92 Å². The van der Waals surface area contributed by atoms with Crippen molar-refractivity contribution in [3.05, 3.63) is 11.1 Å². The third-order valence-electron chi connectivity index (χ3n) is 3.02. The smallest absolute Gasteiger partial charge is 0.239 e. The summed E-state index contributed by atoms with van der Waals surface area (Å²) < 4.78 is 5.42. The molecule has 1 amide bonds. The number of ether oxygens (including phenoxy) is 1. The van der Waals surface area contributed by atoms with Gasteiger partial charge in [0.1, 0.15) is 6.04 Å². The summed E-state index contributed by atoms with van der Waals surface area (Å²) in [6, 6.07) is -0.219. The van der Waals surface area contributed by atoms with E-state index in [1.807, 2.05) is 6.92 Å². The van der Waals surface area contributed by atoms with E-state index in [1.165, 1.54) is 11.3 Å². The third-order valence-corrected chi connectivity index (χ3v) is 3.83. The fraction of sp³-hybridized carbons (Fsp3) is 0.667. The number of rotatable bonds is 5. The molecule has 3 N–H and O–H groups in total. The van der Waals surface area contributed by atoms with Crippen molar-refractivity contribution in [1.29, 1.82) is 0 Å². The predicted octanol–water partition coefficient (Wildman–Crippen LogP) is 0.452. The van der Waals surface area contributed by atoms with Gasteiger partial charge in [0, 0.05) is 30.7 Å². The number of nitrogens with one attached hydrogen (secondary N) is 1. The molecule has 0 saturated carbocycles. The standard InChI is InChI=1S/C12H20N4O2S/c1-2-3-14-11(17)10-8-18-5-4-16(10)7-9-6-15-12(13)19-9/h6,10H,2-5,7-8H2,1H3,(H2,13,15)(H,14,17). The molecule has 1 atom stereocenters. The van der Waals surface area contributed by atoms with Gasteiger partial charge in [0.2, 0.25) is 5.91 Å². The zero-order valence-corrected chi connectivity index (χ0v) is 11.9. The second-order valence-corrected chi connectivity index (χ2v) is 5.66. The van der Waals surface area contributed by atoms with Crippen LogP contribution in [0.15, 0.2) is 6.20 Å². The Balaban J connectivity index is 1.97. The van der Waals surface area contributed by atoms with E-state index in [0.717, 1.165) is 17.8 Å². The van der Waals surface area contributed by atoms with Crippen molar-refractivity contribution in [2.75, 3.05) is 32.0 Å². The van der Waals surface area contributed by atoms with Crippen molar-refractivity contribution < 1.29 is 9.53 Å². The molecule has 2 heterocycles. The Morgan fingerprint density at radius 3 is 3.26 bits per heavy atom. The van der Waals surface area contributed by atoms with Crippen LogP contribution in [-0.2, 0) is 16.1 Å². The number of nitrogens with zero attached hydrogens (tertiary/aromatic N) is 2. The Kier molecular flexibility index (Phi) is 5.12. The van der Waals surface area contributed by atoms with Crippen LogP contribution >= 0.6 is 11.3 Å². The summed E-state index contributed by atoms with van der Waals surface area (Å²) in [5, 5.41) is 3.49. The minimum Gasteiger partial charge on any atom is -0.378 e. The molecule has 1 aromatic heterocycles. The van der Waals surface area contributed by atoms with Gasteiger partial charge < -0.3 is 15.8 Å². The van der Waals surface area contributed by atoms with Crippen LogP contribution in [0.5, 0.6) is 0 Å². The van der Waals surface area contributed by atoms with Crippen LogP contribution in [0.25, 0.3) is 0 Å². The van der Waals surface area contributed by atoms with E-state index in [1.54, 1.807) is 6.20 Å². The van der Waals surface area contributed by atoms with Gasteiger partial charge >= 0.3 is 0 Å². The van der Waals surface area contributed by atoms with Crippen molar-refractivity contribution in [2.24, 2.45) is 0 Å². The average molecular weight is 284 g/mol. The first-order chi connectivity index (χ1) is 9.20. The highest BCUT2D eigenvalue weighted by atomic mass is 32.1. The predicted molar refractivity (Wildman–Crippen MR) is 74.8 cm³/mol. The number of hydrogen-bond donors (Lipinski definition) is 2. The Morgan fingerprint density at radius 1 is 1.74 bits per heavy atom. The number of nitrogen functional groups attached to an aromatic ring is 1. The Morgan fingerprint density at radius 2 is 2.58 bits per heavy atom. The summed E-state index contributed by atoms with van der Waals surface area (Å²) in [7, 11) is 0. The number of nitrogens with two attached hydrogens (primary N) is 1. The van der Waals surface area contributed by atoms with Gasteiger partial charge in [-0.2, -0.15) is 0 Å². The maximum absolute atomic E-state index is 12.1. The SMILES string of the molecule is CCCNC(=O)C1COCCN1Cc1cnc(N)s1. The number of carbonyl (C=O) groups is 1. The van der Waals surface area contributed by atoms with Crippen LogP contribution in [0.4, 0.5) is 5.13 Å². The lowest BCUT2D eigenvalue weighted by atomic mass is 10.2. The molecule has 19 heavy (non-hydrogen) atoms. The molecule has 0 spiro atoms. The van der Waals surface area contributed by atoms with Crippen molar-refractivity contribution in [1.82, 2.24) is 15.2 Å². The Labute approximate surface area is 116 Å². The third kappa shape index (κ3) is 3.89. The largest absolute Gasteiger partial charge is 0.378 e. The minimum absolute atomic E-state index is 0.0408. The molecule has 1 aliphatic rings. The highest BCUT2D eigenvalue weighted by molar-refractivity contribution is 7.15. The molecular formula is C12H20N4O2S. The highest BCUT2D eigenvalue weighted by Gasteiger charge is 2.29. The number of aromatic nitrogens is 1. The molecule has 1 unspecified atom stereocenters. The first-order valence-corrected chi connectivity index (χ1v) is 7.32. The van der Waals surface area contributed by atoms with E-state index >= 15 is 0 Å². The fourth-order valence-corrected chi connectivity index (χ4v) is 2.74.